The molecule has 0 N–H and O–H groups in total. The Morgan fingerprint density at radius 3 is 2.71 bits per heavy atom. The topological polar surface area (TPSA) is 47.8 Å². The molecule has 7 heteroatoms. The molecule has 2 heterocycles. The number of carbonyl (C=O) groups is 1. The Labute approximate surface area is 112 Å². The summed E-state index contributed by atoms with van der Waals surface area (Å²) in [5.74, 6) is 0.0287. The molecular weight excluding hydrogens is 281 g/mol. The van der Waals surface area contributed by atoms with Gasteiger partial charge in [-0.25, -0.2) is 9.97 Å². The van der Waals surface area contributed by atoms with Crippen LogP contribution in [-0.4, -0.2) is 20.3 Å². The van der Waals surface area contributed by atoms with Crippen LogP contribution in [0.5, 0.6) is 0 Å². The Kier molecular flexibility index (Phi) is 3.51. The van der Waals surface area contributed by atoms with E-state index in [9.17, 15) is 4.79 Å². The summed E-state index contributed by atoms with van der Waals surface area (Å²) in [4.78, 5) is 20.2. The molecule has 2 aromatic heterocycles. The maximum Gasteiger partial charge on any atom is 0.171 e. The lowest BCUT2D eigenvalue weighted by atomic mass is 10.3. The molecule has 2 aromatic rings. The molecule has 0 saturated heterocycles. The lowest BCUT2D eigenvalue weighted by molar-refractivity contribution is 0.102. The summed E-state index contributed by atoms with van der Waals surface area (Å²) < 4.78 is 1.69. The predicted octanol–water partition coefficient (Wildman–Crippen LogP) is 3.21. The molecular formula is C10H9Cl2N3OS. The van der Waals surface area contributed by atoms with Gasteiger partial charge in [-0.05, 0) is 6.92 Å². The van der Waals surface area contributed by atoms with E-state index in [4.69, 9.17) is 23.2 Å². The van der Waals surface area contributed by atoms with Crippen LogP contribution in [0.4, 0.5) is 0 Å². The summed E-state index contributed by atoms with van der Waals surface area (Å²) in [6.07, 6.45) is 1.55. The Morgan fingerprint density at radius 2 is 2.24 bits per heavy atom. The third kappa shape index (κ3) is 2.51. The number of carbonyl (C=O) groups excluding carboxylic acids is 1. The number of hydrogen-bond acceptors (Lipinski definition) is 4. The average molecular weight is 290 g/mol. The zero-order valence-corrected chi connectivity index (χ0v) is 11.5. The highest BCUT2D eigenvalue weighted by molar-refractivity contribution is 7.13. The molecule has 0 bridgehead atoms. The number of thiazole rings is 1. The summed E-state index contributed by atoms with van der Waals surface area (Å²) >= 11 is 13.1. The van der Waals surface area contributed by atoms with Crippen LogP contribution in [0, 0.1) is 6.92 Å². The summed E-state index contributed by atoms with van der Waals surface area (Å²) in [5, 5.41) is 1.46. The Balaban J connectivity index is 2.28. The largest absolute Gasteiger partial charge is 0.313 e. The van der Waals surface area contributed by atoms with E-state index in [0.717, 1.165) is 10.7 Å². The molecule has 0 atom stereocenters. The van der Waals surface area contributed by atoms with Gasteiger partial charge in [0.25, 0.3) is 0 Å². The fourth-order valence-electron chi connectivity index (χ4n) is 1.45. The standard InChI is InChI=1S/C10H9Cl2N3OS/c1-5-8(6(2)16)17-7(14-5)3-15-4-13-9(11)10(15)12/h4H,3H2,1-2H3. The molecule has 0 amide bonds. The first-order valence-corrected chi connectivity index (χ1v) is 6.39. The van der Waals surface area contributed by atoms with Crippen LogP contribution < -0.4 is 0 Å². The fraction of sp³-hybridized carbons (Fsp3) is 0.300. The third-order valence-electron chi connectivity index (χ3n) is 2.20. The summed E-state index contributed by atoms with van der Waals surface area (Å²) in [6, 6.07) is 0. The molecule has 0 unspecified atom stereocenters. The van der Waals surface area contributed by atoms with Gasteiger partial charge in [0.15, 0.2) is 10.9 Å². The molecule has 0 saturated carbocycles. The van der Waals surface area contributed by atoms with Gasteiger partial charge in [-0.1, -0.05) is 23.2 Å². The second kappa shape index (κ2) is 4.76. The van der Waals surface area contributed by atoms with Crippen molar-refractivity contribution in [1.29, 1.82) is 0 Å². The molecule has 0 aliphatic rings. The van der Waals surface area contributed by atoms with Crippen molar-refractivity contribution in [3.8, 4) is 0 Å². The van der Waals surface area contributed by atoms with E-state index in [2.05, 4.69) is 9.97 Å². The van der Waals surface area contributed by atoms with Gasteiger partial charge in [0.05, 0.1) is 23.4 Å². The molecule has 2 rings (SSSR count). The monoisotopic (exact) mass is 289 g/mol. The first kappa shape index (κ1) is 12.5. The van der Waals surface area contributed by atoms with Crippen LogP contribution >= 0.6 is 34.5 Å². The SMILES string of the molecule is CC(=O)c1sc(Cn2cnc(Cl)c2Cl)nc1C. The van der Waals surface area contributed by atoms with Crippen molar-refractivity contribution in [3.05, 3.63) is 32.2 Å². The predicted molar refractivity (Wildman–Crippen MR) is 68.2 cm³/mol. The van der Waals surface area contributed by atoms with Crippen molar-refractivity contribution in [2.24, 2.45) is 0 Å². The van der Waals surface area contributed by atoms with Crippen LogP contribution in [0.1, 0.15) is 27.3 Å². The third-order valence-corrected chi connectivity index (χ3v) is 4.21. The number of imidazole rings is 1. The van der Waals surface area contributed by atoms with Crippen LogP contribution in [0.2, 0.25) is 10.3 Å². The second-order valence-electron chi connectivity index (χ2n) is 3.53. The number of aryl methyl sites for hydroxylation is 1. The number of Topliss-reactive ketones (excluding diaryl/α,β-unsaturated/α-hetero) is 1. The zero-order chi connectivity index (χ0) is 12.6. The van der Waals surface area contributed by atoms with Crippen molar-refractivity contribution < 1.29 is 4.79 Å². The lowest BCUT2D eigenvalue weighted by Gasteiger charge is -1.99. The van der Waals surface area contributed by atoms with E-state index in [1.807, 2.05) is 6.92 Å². The molecule has 0 radical (unpaired) electrons. The van der Waals surface area contributed by atoms with E-state index >= 15 is 0 Å². The van der Waals surface area contributed by atoms with Gasteiger partial charge < -0.3 is 4.57 Å². The summed E-state index contributed by atoms with van der Waals surface area (Å²) in [5.41, 5.74) is 0.750. The van der Waals surface area contributed by atoms with Gasteiger partial charge in [0, 0.05) is 6.92 Å². The van der Waals surface area contributed by atoms with Gasteiger partial charge >= 0.3 is 0 Å². The van der Waals surface area contributed by atoms with Crippen molar-refractivity contribution in [2.75, 3.05) is 0 Å². The Morgan fingerprint density at radius 1 is 1.53 bits per heavy atom. The van der Waals surface area contributed by atoms with E-state index in [1.54, 1.807) is 10.9 Å². The van der Waals surface area contributed by atoms with Crippen molar-refractivity contribution in [3.63, 3.8) is 0 Å². The maximum absolute atomic E-state index is 11.3. The van der Waals surface area contributed by atoms with Gasteiger partial charge in [-0.2, -0.15) is 0 Å². The molecule has 0 spiro atoms. The van der Waals surface area contributed by atoms with Gasteiger partial charge in [0.1, 0.15) is 10.2 Å². The molecule has 0 aromatic carbocycles. The van der Waals surface area contributed by atoms with E-state index in [1.165, 1.54) is 18.3 Å². The molecule has 0 aliphatic heterocycles. The lowest BCUT2D eigenvalue weighted by Crippen LogP contribution is -1.97. The minimum atomic E-state index is 0.0287. The minimum absolute atomic E-state index is 0.0287. The number of aromatic nitrogens is 3. The van der Waals surface area contributed by atoms with Crippen LogP contribution in [0.15, 0.2) is 6.33 Å². The molecule has 17 heavy (non-hydrogen) atoms. The van der Waals surface area contributed by atoms with E-state index in [-0.39, 0.29) is 10.9 Å². The molecule has 0 aliphatic carbocycles. The van der Waals surface area contributed by atoms with Gasteiger partial charge in [-0.15, -0.1) is 11.3 Å². The Hall–Kier alpha value is -0.910. The summed E-state index contributed by atoms with van der Waals surface area (Å²) in [6.45, 7) is 3.82. The fourth-order valence-corrected chi connectivity index (χ4v) is 2.71. The summed E-state index contributed by atoms with van der Waals surface area (Å²) in [7, 11) is 0. The number of nitrogens with zero attached hydrogens (tertiary/aromatic N) is 3. The van der Waals surface area contributed by atoms with Crippen molar-refractivity contribution in [1.82, 2.24) is 14.5 Å². The van der Waals surface area contributed by atoms with Gasteiger partial charge in [-0.3, -0.25) is 4.79 Å². The van der Waals surface area contributed by atoms with Gasteiger partial charge in [0.2, 0.25) is 0 Å². The average Bonchev–Trinajstić information content (AvgIpc) is 2.76. The molecule has 90 valence electrons. The quantitative estimate of drug-likeness (QED) is 0.815. The minimum Gasteiger partial charge on any atom is -0.313 e. The highest BCUT2D eigenvalue weighted by Gasteiger charge is 2.13. The smallest absolute Gasteiger partial charge is 0.171 e. The number of hydrogen-bond donors (Lipinski definition) is 0. The van der Waals surface area contributed by atoms with Crippen LogP contribution in [0.25, 0.3) is 0 Å². The first-order valence-electron chi connectivity index (χ1n) is 4.82. The van der Waals surface area contributed by atoms with E-state index in [0.29, 0.717) is 16.6 Å². The highest BCUT2D eigenvalue weighted by Crippen LogP contribution is 2.23. The Bertz CT molecular complexity index is 576. The first-order chi connectivity index (χ1) is 7.99. The van der Waals surface area contributed by atoms with Crippen LogP contribution in [-0.2, 0) is 6.54 Å². The molecule has 0 fully saturated rings. The second-order valence-corrected chi connectivity index (χ2v) is 5.33. The van der Waals surface area contributed by atoms with E-state index < -0.39 is 0 Å². The number of rotatable bonds is 3. The van der Waals surface area contributed by atoms with Crippen molar-refractivity contribution >= 4 is 40.3 Å². The zero-order valence-electron chi connectivity index (χ0n) is 9.20. The maximum atomic E-state index is 11.3. The highest BCUT2D eigenvalue weighted by atomic mass is 35.5. The number of ketones is 1. The van der Waals surface area contributed by atoms with Crippen molar-refractivity contribution in [2.45, 2.75) is 20.4 Å². The number of halogens is 2. The normalized spacial score (nSPS) is 10.8. The van der Waals surface area contributed by atoms with Crippen LogP contribution in [0.3, 0.4) is 0 Å². The molecule has 4 nitrogen and oxygen atoms in total.